The molecule has 6 nitrogen and oxygen atoms in total. The average Bonchev–Trinajstić information content (AvgIpc) is 2.36. The second kappa shape index (κ2) is 7.20. The first kappa shape index (κ1) is 15.6. The number of hydrogen-bond donors (Lipinski definition) is 0. The van der Waals surface area contributed by atoms with Crippen molar-refractivity contribution in [1.82, 2.24) is 0 Å². The summed E-state index contributed by atoms with van der Waals surface area (Å²) in [5.41, 5.74) is -0.0514. The van der Waals surface area contributed by atoms with Gasteiger partial charge < -0.3 is 9.47 Å². The SMILES string of the molecule is CCOCC(C)OC(=O)c1cccc([N+](=O)[O-])c1Br. The lowest BCUT2D eigenvalue weighted by molar-refractivity contribution is -0.385. The number of halogens is 1. The van der Waals surface area contributed by atoms with Gasteiger partial charge in [-0.05, 0) is 35.8 Å². The molecule has 0 aliphatic carbocycles. The van der Waals surface area contributed by atoms with Crippen LogP contribution < -0.4 is 0 Å². The molecule has 1 rings (SSSR count). The minimum absolute atomic E-state index is 0.119. The third-order valence-electron chi connectivity index (χ3n) is 2.26. The number of nitro groups is 1. The highest BCUT2D eigenvalue weighted by Gasteiger charge is 2.21. The third-order valence-corrected chi connectivity index (χ3v) is 3.09. The van der Waals surface area contributed by atoms with Crippen LogP contribution in [0.4, 0.5) is 5.69 Å². The molecule has 0 aliphatic heterocycles. The molecule has 0 spiro atoms. The number of ether oxygens (including phenoxy) is 2. The van der Waals surface area contributed by atoms with Crippen molar-refractivity contribution >= 4 is 27.6 Å². The Morgan fingerprint density at radius 3 is 2.79 bits per heavy atom. The molecule has 0 N–H and O–H groups in total. The van der Waals surface area contributed by atoms with E-state index in [1.165, 1.54) is 18.2 Å². The normalized spacial score (nSPS) is 11.9. The molecular formula is C12H14BrNO5. The van der Waals surface area contributed by atoms with Crippen LogP contribution in [0, 0.1) is 10.1 Å². The van der Waals surface area contributed by atoms with Crippen LogP contribution in [0.25, 0.3) is 0 Å². The van der Waals surface area contributed by atoms with E-state index in [2.05, 4.69) is 15.9 Å². The summed E-state index contributed by atoms with van der Waals surface area (Å²) < 4.78 is 10.4. The Morgan fingerprint density at radius 2 is 2.21 bits per heavy atom. The zero-order valence-electron chi connectivity index (χ0n) is 10.6. The first-order chi connectivity index (χ1) is 8.97. The Kier molecular flexibility index (Phi) is 5.91. The molecule has 0 aliphatic rings. The fraction of sp³-hybridized carbons (Fsp3) is 0.417. The van der Waals surface area contributed by atoms with Crippen molar-refractivity contribution in [1.29, 1.82) is 0 Å². The van der Waals surface area contributed by atoms with E-state index < -0.39 is 17.0 Å². The van der Waals surface area contributed by atoms with Gasteiger partial charge in [0.1, 0.15) is 10.6 Å². The summed E-state index contributed by atoms with van der Waals surface area (Å²) in [6.45, 7) is 4.35. The summed E-state index contributed by atoms with van der Waals surface area (Å²) in [6.07, 6.45) is -0.418. The Labute approximate surface area is 119 Å². The van der Waals surface area contributed by atoms with Gasteiger partial charge in [-0.15, -0.1) is 0 Å². The molecule has 0 bridgehead atoms. The fourth-order valence-electron chi connectivity index (χ4n) is 1.38. The van der Waals surface area contributed by atoms with Crippen LogP contribution in [0.15, 0.2) is 22.7 Å². The largest absolute Gasteiger partial charge is 0.457 e. The Morgan fingerprint density at radius 1 is 1.53 bits per heavy atom. The minimum Gasteiger partial charge on any atom is -0.457 e. The predicted molar refractivity (Wildman–Crippen MR) is 72.2 cm³/mol. The van der Waals surface area contributed by atoms with Crippen LogP contribution in [0.2, 0.25) is 0 Å². The van der Waals surface area contributed by atoms with Gasteiger partial charge in [0.15, 0.2) is 0 Å². The van der Waals surface area contributed by atoms with Gasteiger partial charge in [-0.2, -0.15) is 0 Å². The highest BCUT2D eigenvalue weighted by atomic mass is 79.9. The molecule has 0 saturated heterocycles. The van der Waals surface area contributed by atoms with Gasteiger partial charge in [-0.1, -0.05) is 6.07 Å². The second-order valence-corrected chi connectivity index (χ2v) is 4.56. The molecule has 7 heteroatoms. The van der Waals surface area contributed by atoms with Gasteiger partial charge in [-0.25, -0.2) is 4.79 Å². The maximum atomic E-state index is 11.9. The highest BCUT2D eigenvalue weighted by Crippen LogP contribution is 2.28. The van der Waals surface area contributed by atoms with Crippen molar-refractivity contribution in [3.05, 3.63) is 38.3 Å². The van der Waals surface area contributed by atoms with Crippen molar-refractivity contribution in [2.24, 2.45) is 0 Å². The summed E-state index contributed by atoms with van der Waals surface area (Å²) in [5, 5.41) is 10.8. The van der Waals surface area contributed by atoms with E-state index >= 15 is 0 Å². The quantitative estimate of drug-likeness (QED) is 0.455. The van der Waals surface area contributed by atoms with Crippen LogP contribution in [-0.4, -0.2) is 30.2 Å². The number of benzene rings is 1. The first-order valence-corrected chi connectivity index (χ1v) is 6.48. The zero-order valence-corrected chi connectivity index (χ0v) is 12.2. The molecule has 0 saturated carbocycles. The monoisotopic (exact) mass is 331 g/mol. The fourth-order valence-corrected chi connectivity index (χ4v) is 1.95. The van der Waals surface area contributed by atoms with Gasteiger partial charge in [0.2, 0.25) is 0 Å². The summed E-state index contributed by atoms with van der Waals surface area (Å²) in [6, 6.07) is 4.21. The number of nitro benzene ring substituents is 1. The lowest BCUT2D eigenvalue weighted by atomic mass is 10.2. The zero-order chi connectivity index (χ0) is 14.4. The van der Waals surface area contributed by atoms with Crippen LogP contribution in [0.1, 0.15) is 24.2 Å². The van der Waals surface area contributed by atoms with Gasteiger partial charge in [0.05, 0.1) is 17.1 Å². The van der Waals surface area contributed by atoms with E-state index in [0.717, 1.165) is 0 Å². The summed E-state index contributed by atoms with van der Waals surface area (Å²) in [5.74, 6) is -0.622. The number of esters is 1. The predicted octanol–water partition coefficient (Wildman–Crippen LogP) is 2.94. The highest BCUT2D eigenvalue weighted by molar-refractivity contribution is 9.10. The van der Waals surface area contributed by atoms with Gasteiger partial charge >= 0.3 is 5.97 Å². The van der Waals surface area contributed by atoms with Crippen LogP contribution in [0.5, 0.6) is 0 Å². The molecule has 104 valence electrons. The molecule has 1 unspecified atom stereocenters. The van der Waals surface area contributed by atoms with Crippen molar-refractivity contribution in [2.75, 3.05) is 13.2 Å². The molecular weight excluding hydrogens is 318 g/mol. The minimum atomic E-state index is -0.622. The van der Waals surface area contributed by atoms with Crippen LogP contribution in [-0.2, 0) is 9.47 Å². The van der Waals surface area contributed by atoms with Gasteiger partial charge in [0, 0.05) is 12.7 Å². The number of carbonyl (C=O) groups is 1. The van der Waals surface area contributed by atoms with E-state index in [9.17, 15) is 14.9 Å². The molecule has 0 aromatic heterocycles. The molecule has 0 amide bonds. The number of nitrogens with zero attached hydrogens (tertiary/aromatic N) is 1. The summed E-state index contributed by atoms with van der Waals surface area (Å²) in [7, 11) is 0. The van der Waals surface area contributed by atoms with Gasteiger partial charge in [-0.3, -0.25) is 10.1 Å². The van der Waals surface area contributed by atoms with E-state index in [1.54, 1.807) is 6.92 Å². The first-order valence-electron chi connectivity index (χ1n) is 5.69. The third kappa shape index (κ3) is 4.29. The number of carbonyl (C=O) groups excluding carboxylic acids is 1. The molecule has 19 heavy (non-hydrogen) atoms. The Hall–Kier alpha value is -1.47. The summed E-state index contributed by atoms with van der Waals surface area (Å²) in [4.78, 5) is 22.1. The Balaban J connectivity index is 2.83. The van der Waals surface area contributed by atoms with Crippen LogP contribution >= 0.6 is 15.9 Å². The topological polar surface area (TPSA) is 78.7 Å². The van der Waals surface area contributed by atoms with E-state index in [1.807, 2.05) is 6.92 Å². The summed E-state index contributed by atoms with van der Waals surface area (Å²) >= 11 is 3.05. The maximum Gasteiger partial charge on any atom is 0.339 e. The second-order valence-electron chi connectivity index (χ2n) is 3.77. The average molecular weight is 332 g/mol. The molecule has 1 aromatic rings. The van der Waals surface area contributed by atoms with Gasteiger partial charge in [0.25, 0.3) is 5.69 Å². The van der Waals surface area contributed by atoms with E-state index in [-0.39, 0.29) is 22.3 Å². The molecule has 0 heterocycles. The number of rotatable bonds is 6. The van der Waals surface area contributed by atoms with E-state index in [0.29, 0.717) is 6.61 Å². The molecule has 0 radical (unpaired) electrons. The molecule has 1 aromatic carbocycles. The van der Waals surface area contributed by atoms with E-state index in [4.69, 9.17) is 9.47 Å². The van der Waals surface area contributed by atoms with Crippen LogP contribution in [0.3, 0.4) is 0 Å². The standard InChI is InChI=1S/C12H14BrNO5/c1-3-18-7-8(2)19-12(15)9-5-4-6-10(11(9)13)14(16)17/h4-6,8H,3,7H2,1-2H3. The lowest BCUT2D eigenvalue weighted by Gasteiger charge is -2.13. The van der Waals surface area contributed by atoms with Crippen molar-refractivity contribution in [2.45, 2.75) is 20.0 Å². The van der Waals surface area contributed by atoms with Crippen molar-refractivity contribution < 1.29 is 19.2 Å². The lowest BCUT2D eigenvalue weighted by Crippen LogP contribution is -2.20. The Bertz CT molecular complexity index is 477. The smallest absolute Gasteiger partial charge is 0.339 e. The molecule has 0 fully saturated rings. The number of hydrogen-bond acceptors (Lipinski definition) is 5. The van der Waals surface area contributed by atoms with Crippen molar-refractivity contribution in [3.8, 4) is 0 Å². The van der Waals surface area contributed by atoms with Crippen molar-refractivity contribution in [3.63, 3.8) is 0 Å². The maximum absolute atomic E-state index is 11.9. The molecule has 1 atom stereocenters.